The normalized spacial score (nSPS) is 24.8. The Morgan fingerprint density at radius 3 is 2.57 bits per heavy atom. The summed E-state index contributed by atoms with van der Waals surface area (Å²) in [5.74, 6) is 2.33. The summed E-state index contributed by atoms with van der Waals surface area (Å²) in [5.41, 5.74) is 2.30. The third-order valence-electron chi connectivity index (χ3n) is 4.19. The molecular formula is C18H29NO2. The van der Waals surface area contributed by atoms with Crippen LogP contribution in [0.2, 0.25) is 0 Å². The third kappa shape index (κ3) is 5.01. The second kappa shape index (κ2) is 7.28. The predicted octanol–water partition coefficient (Wildman–Crippen LogP) is 3.02. The van der Waals surface area contributed by atoms with Gasteiger partial charge in [-0.25, -0.2) is 0 Å². The molecule has 0 saturated carbocycles. The summed E-state index contributed by atoms with van der Waals surface area (Å²) in [5, 5.41) is 10.2. The van der Waals surface area contributed by atoms with Crippen LogP contribution in [0.4, 0.5) is 0 Å². The summed E-state index contributed by atoms with van der Waals surface area (Å²) in [6.07, 6.45) is 0.869. The first-order valence-corrected chi connectivity index (χ1v) is 8.04. The van der Waals surface area contributed by atoms with Crippen molar-refractivity contribution in [2.45, 2.75) is 40.2 Å². The van der Waals surface area contributed by atoms with Crippen molar-refractivity contribution < 1.29 is 9.84 Å². The lowest BCUT2D eigenvalue weighted by Crippen LogP contribution is -2.44. The van der Waals surface area contributed by atoms with Crippen molar-refractivity contribution in [2.24, 2.45) is 11.8 Å². The molecule has 0 radical (unpaired) electrons. The monoisotopic (exact) mass is 291 g/mol. The zero-order valence-electron chi connectivity index (χ0n) is 13.8. The molecule has 3 nitrogen and oxygen atoms in total. The number of rotatable bonds is 5. The number of benzene rings is 1. The van der Waals surface area contributed by atoms with E-state index in [4.69, 9.17) is 4.74 Å². The lowest BCUT2D eigenvalue weighted by Gasteiger charge is -2.35. The molecule has 1 aliphatic heterocycles. The van der Waals surface area contributed by atoms with Gasteiger partial charge in [0.25, 0.3) is 0 Å². The molecule has 3 atom stereocenters. The smallest absolute Gasteiger partial charge is 0.122 e. The molecule has 0 amide bonds. The van der Waals surface area contributed by atoms with Gasteiger partial charge in [0.15, 0.2) is 0 Å². The molecule has 2 rings (SSSR count). The Hall–Kier alpha value is -1.06. The van der Waals surface area contributed by atoms with Gasteiger partial charge >= 0.3 is 0 Å². The predicted molar refractivity (Wildman–Crippen MR) is 86.8 cm³/mol. The molecule has 1 aromatic carbocycles. The summed E-state index contributed by atoms with van der Waals surface area (Å²) in [6, 6.07) is 6.17. The van der Waals surface area contributed by atoms with Crippen LogP contribution < -0.4 is 4.74 Å². The van der Waals surface area contributed by atoms with E-state index in [1.807, 2.05) is 13.0 Å². The van der Waals surface area contributed by atoms with Gasteiger partial charge in [0.2, 0.25) is 0 Å². The Morgan fingerprint density at radius 1 is 1.24 bits per heavy atom. The topological polar surface area (TPSA) is 32.7 Å². The van der Waals surface area contributed by atoms with Crippen LogP contribution >= 0.6 is 0 Å². The van der Waals surface area contributed by atoms with Gasteiger partial charge in [-0.1, -0.05) is 26.0 Å². The first-order valence-electron chi connectivity index (χ1n) is 8.04. The zero-order valence-corrected chi connectivity index (χ0v) is 13.8. The highest BCUT2D eigenvalue weighted by Crippen LogP contribution is 2.22. The molecule has 1 N–H and O–H groups in total. The van der Waals surface area contributed by atoms with E-state index < -0.39 is 6.10 Å². The first kappa shape index (κ1) is 16.3. The second-order valence-electron chi connectivity index (χ2n) is 6.90. The SMILES string of the molecule is Cc1ccc(C)c(OC[C@@H](O)CN2C[C@@H](C)C[C@H](C)C2)c1. The van der Waals surface area contributed by atoms with E-state index in [2.05, 4.69) is 37.8 Å². The summed E-state index contributed by atoms with van der Waals surface area (Å²) >= 11 is 0. The van der Waals surface area contributed by atoms with Crippen molar-refractivity contribution in [3.8, 4) is 5.75 Å². The summed E-state index contributed by atoms with van der Waals surface area (Å²) in [6.45, 7) is 11.9. The maximum Gasteiger partial charge on any atom is 0.122 e. The Labute approximate surface area is 128 Å². The second-order valence-corrected chi connectivity index (χ2v) is 6.90. The Balaban J connectivity index is 1.81. The first-order chi connectivity index (χ1) is 9.94. The van der Waals surface area contributed by atoms with Crippen molar-refractivity contribution in [3.63, 3.8) is 0 Å². The van der Waals surface area contributed by atoms with Gasteiger partial charge < -0.3 is 14.7 Å². The van der Waals surface area contributed by atoms with E-state index in [1.165, 1.54) is 12.0 Å². The van der Waals surface area contributed by atoms with Gasteiger partial charge in [0.1, 0.15) is 18.5 Å². The number of aliphatic hydroxyl groups is 1. The average molecular weight is 291 g/mol. The molecule has 0 aliphatic carbocycles. The van der Waals surface area contributed by atoms with E-state index in [9.17, 15) is 5.11 Å². The van der Waals surface area contributed by atoms with Crippen molar-refractivity contribution in [1.82, 2.24) is 4.90 Å². The maximum absolute atomic E-state index is 10.2. The number of piperidine rings is 1. The van der Waals surface area contributed by atoms with E-state index in [-0.39, 0.29) is 0 Å². The fourth-order valence-electron chi connectivity index (χ4n) is 3.34. The number of β-amino-alcohol motifs (C(OH)–C–C–N with tert-alkyl or cyclic N) is 1. The number of hydrogen-bond acceptors (Lipinski definition) is 3. The van der Waals surface area contributed by atoms with Gasteiger partial charge in [-0.15, -0.1) is 0 Å². The van der Waals surface area contributed by atoms with Gasteiger partial charge in [-0.3, -0.25) is 0 Å². The van der Waals surface area contributed by atoms with Crippen molar-refractivity contribution in [3.05, 3.63) is 29.3 Å². The number of nitrogens with zero attached hydrogens (tertiary/aromatic N) is 1. The lowest BCUT2D eigenvalue weighted by molar-refractivity contribution is 0.0427. The van der Waals surface area contributed by atoms with Gasteiger partial charge in [-0.2, -0.15) is 0 Å². The molecule has 0 bridgehead atoms. The highest BCUT2D eigenvalue weighted by molar-refractivity contribution is 5.35. The van der Waals surface area contributed by atoms with Crippen LogP contribution in [0.5, 0.6) is 5.75 Å². The number of aliphatic hydroxyl groups excluding tert-OH is 1. The van der Waals surface area contributed by atoms with Gasteiger partial charge in [0.05, 0.1) is 0 Å². The van der Waals surface area contributed by atoms with E-state index >= 15 is 0 Å². The van der Waals surface area contributed by atoms with Crippen LogP contribution in [0.1, 0.15) is 31.4 Å². The van der Waals surface area contributed by atoms with Crippen LogP contribution in [-0.2, 0) is 0 Å². The minimum Gasteiger partial charge on any atom is -0.491 e. The molecule has 1 fully saturated rings. The minimum atomic E-state index is -0.428. The van der Waals surface area contributed by atoms with Crippen molar-refractivity contribution >= 4 is 0 Å². The molecule has 21 heavy (non-hydrogen) atoms. The van der Waals surface area contributed by atoms with Crippen LogP contribution in [0.3, 0.4) is 0 Å². The highest BCUT2D eigenvalue weighted by Gasteiger charge is 2.23. The molecular weight excluding hydrogens is 262 g/mol. The third-order valence-corrected chi connectivity index (χ3v) is 4.19. The Kier molecular flexibility index (Phi) is 5.65. The van der Waals surface area contributed by atoms with Crippen molar-refractivity contribution in [2.75, 3.05) is 26.2 Å². The fourth-order valence-corrected chi connectivity index (χ4v) is 3.34. The molecule has 118 valence electrons. The zero-order chi connectivity index (χ0) is 15.4. The molecule has 1 aliphatic rings. The van der Waals surface area contributed by atoms with Gasteiger partial charge in [-0.05, 0) is 49.3 Å². The molecule has 0 aromatic heterocycles. The number of aryl methyl sites for hydroxylation is 2. The number of likely N-dealkylation sites (tertiary alicyclic amines) is 1. The maximum atomic E-state index is 10.2. The van der Waals surface area contributed by atoms with E-state index in [0.29, 0.717) is 13.2 Å². The van der Waals surface area contributed by atoms with Crippen LogP contribution in [0.15, 0.2) is 18.2 Å². The standard InChI is InChI=1S/C18H29NO2/c1-13-5-6-16(4)18(8-13)21-12-17(20)11-19-9-14(2)7-15(3)10-19/h5-6,8,14-15,17,20H,7,9-12H2,1-4H3/t14-,15-,17-/m0/s1. The van der Waals surface area contributed by atoms with Crippen molar-refractivity contribution in [1.29, 1.82) is 0 Å². The van der Waals surface area contributed by atoms with Crippen LogP contribution in [-0.4, -0.2) is 42.4 Å². The molecule has 1 aromatic rings. The highest BCUT2D eigenvalue weighted by atomic mass is 16.5. The lowest BCUT2D eigenvalue weighted by atomic mass is 9.92. The molecule has 0 unspecified atom stereocenters. The average Bonchev–Trinajstić information content (AvgIpc) is 2.38. The largest absolute Gasteiger partial charge is 0.491 e. The molecule has 1 saturated heterocycles. The van der Waals surface area contributed by atoms with Gasteiger partial charge in [0, 0.05) is 19.6 Å². The quantitative estimate of drug-likeness (QED) is 0.905. The molecule has 3 heteroatoms. The van der Waals surface area contributed by atoms with Crippen LogP contribution in [0.25, 0.3) is 0 Å². The molecule has 0 spiro atoms. The summed E-state index contributed by atoms with van der Waals surface area (Å²) < 4.78 is 5.80. The fraction of sp³-hybridized carbons (Fsp3) is 0.667. The minimum absolute atomic E-state index is 0.365. The van der Waals surface area contributed by atoms with Crippen LogP contribution in [0, 0.1) is 25.7 Å². The Bertz CT molecular complexity index is 451. The summed E-state index contributed by atoms with van der Waals surface area (Å²) in [7, 11) is 0. The number of ether oxygens (including phenoxy) is 1. The van der Waals surface area contributed by atoms with E-state index in [1.54, 1.807) is 0 Å². The summed E-state index contributed by atoms with van der Waals surface area (Å²) in [4.78, 5) is 2.37. The number of hydrogen-bond donors (Lipinski definition) is 1. The molecule has 1 heterocycles. The Morgan fingerprint density at radius 2 is 1.90 bits per heavy atom. The van der Waals surface area contributed by atoms with E-state index in [0.717, 1.165) is 36.2 Å².